The van der Waals surface area contributed by atoms with Gasteiger partial charge in [-0.2, -0.15) is 0 Å². The quantitative estimate of drug-likeness (QED) is 0.426. The zero-order valence-electron chi connectivity index (χ0n) is 11.0. The van der Waals surface area contributed by atoms with Crippen molar-refractivity contribution in [2.75, 3.05) is 11.0 Å². The molecule has 0 aromatic heterocycles. The molecule has 1 unspecified atom stereocenters. The number of halogens is 1. The van der Waals surface area contributed by atoms with Crippen LogP contribution >= 0.6 is 22.6 Å². The number of amides is 1. The van der Waals surface area contributed by atoms with E-state index >= 15 is 0 Å². The summed E-state index contributed by atoms with van der Waals surface area (Å²) in [5.41, 5.74) is 1.08. The summed E-state index contributed by atoms with van der Waals surface area (Å²) in [6.45, 7) is 2.76. The summed E-state index contributed by atoms with van der Waals surface area (Å²) in [6, 6.07) is 9.93. The molecule has 1 rings (SSSR count). The Bertz CT molecular complexity index is 340. The highest BCUT2D eigenvalue weighted by atomic mass is 127. The third-order valence-electron chi connectivity index (χ3n) is 3.05. The average Bonchev–Trinajstić information content (AvgIpc) is 2.42. The summed E-state index contributed by atoms with van der Waals surface area (Å²) in [5, 5.41) is 3.02. The normalized spacial score (nSPS) is 12.1. The third-order valence-corrected chi connectivity index (χ3v) is 3.82. The first-order chi connectivity index (χ1) is 8.75. The van der Waals surface area contributed by atoms with Crippen LogP contribution in [0.2, 0.25) is 0 Å². The smallest absolute Gasteiger partial charge is 0.227 e. The molecular formula is C15H22INO. The first-order valence-corrected chi connectivity index (χ1v) is 8.17. The van der Waals surface area contributed by atoms with Crippen LogP contribution in [0.15, 0.2) is 30.3 Å². The monoisotopic (exact) mass is 359 g/mol. The molecule has 0 bridgehead atoms. The Morgan fingerprint density at radius 1 is 1.17 bits per heavy atom. The van der Waals surface area contributed by atoms with Gasteiger partial charge in [-0.05, 0) is 29.8 Å². The van der Waals surface area contributed by atoms with Crippen molar-refractivity contribution in [3.8, 4) is 0 Å². The van der Waals surface area contributed by atoms with Crippen molar-refractivity contribution in [2.45, 2.75) is 38.5 Å². The second kappa shape index (κ2) is 9.36. The lowest BCUT2D eigenvalue weighted by atomic mass is 10.0. The number of carbonyl (C=O) groups excluding carboxylic acids is 1. The second-order valence-electron chi connectivity index (χ2n) is 4.53. The van der Waals surface area contributed by atoms with Gasteiger partial charge in [-0.15, -0.1) is 0 Å². The minimum absolute atomic E-state index is 0.0551. The molecule has 0 fully saturated rings. The van der Waals surface area contributed by atoms with Gasteiger partial charge in [0.05, 0.1) is 5.92 Å². The van der Waals surface area contributed by atoms with Crippen molar-refractivity contribution in [2.24, 2.45) is 0 Å². The van der Waals surface area contributed by atoms with Crippen LogP contribution in [0.5, 0.6) is 0 Å². The number of benzene rings is 1. The lowest BCUT2D eigenvalue weighted by Crippen LogP contribution is -2.28. The summed E-state index contributed by atoms with van der Waals surface area (Å²) in [6.07, 6.45) is 4.86. The number of carbonyl (C=O) groups is 1. The molecule has 100 valence electrons. The molecule has 2 nitrogen and oxygen atoms in total. The van der Waals surface area contributed by atoms with Gasteiger partial charge in [0.25, 0.3) is 0 Å². The maximum Gasteiger partial charge on any atom is 0.227 e. The Morgan fingerprint density at radius 2 is 1.83 bits per heavy atom. The maximum absolute atomic E-state index is 11.9. The van der Waals surface area contributed by atoms with Crippen LogP contribution in [0, 0.1) is 0 Å². The van der Waals surface area contributed by atoms with Gasteiger partial charge in [-0.1, -0.05) is 65.8 Å². The molecule has 0 aliphatic rings. The number of alkyl halides is 1. The highest BCUT2D eigenvalue weighted by molar-refractivity contribution is 14.1. The van der Waals surface area contributed by atoms with E-state index in [2.05, 4.69) is 27.9 Å². The van der Waals surface area contributed by atoms with Crippen LogP contribution in [0.3, 0.4) is 0 Å². The molecule has 1 atom stereocenters. The lowest BCUT2D eigenvalue weighted by molar-refractivity contribution is -0.122. The molecule has 0 heterocycles. The Kier molecular flexibility index (Phi) is 8.05. The van der Waals surface area contributed by atoms with Crippen LogP contribution in [-0.2, 0) is 4.79 Å². The van der Waals surface area contributed by atoms with E-state index in [1.807, 2.05) is 37.3 Å². The lowest BCUT2D eigenvalue weighted by Gasteiger charge is -2.12. The van der Waals surface area contributed by atoms with Crippen LogP contribution in [-0.4, -0.2) is 16.9 Å². The van der Waals surface area contributed by atoms with Gasteiger partial charge in [0, 0.05) is 6.54 Å². The Balaban J connectivity index is 2.20. The molecule has 0 radical (unpaired) electrons. The van der Waals surface area contributed by atoms with Crippen molar-refractivity contribution in [1.82, 2.24) is 5.32 Å². The first kappa shape index (κ1) is 15.5. The van der Waals surface area contributed by atoms with Crippen molar-refractivity contribution in [3.63, 3.8) is 0 Å². The van der Waals surface area contributed by atoms with E-state index in [1.54, 1.807) is 0 Å². The van der Waals surface area contributed by atoms with Gasteiger partial charge in [-0.25, -0.2) is 0 Å². The van der Waals surface area contributed by atoms with Crippen LogP contribution in [0.25, 0.3) is 0 Å². The first-order valence-electron chi connectivity index (χ1n) is 6.64. The summed E-state index contributed by atoms with van der Waals surface area (Å²) in [7, 11) is 0. The predicted molar refractivity (Wildman–Crippen MR) is 85.2 cm³/mol. The van der Waals surface area contributed by atoms with Crippen LogP contribution in [0.4, 0.5) is 0 Å². The second-order valence-corrected chi connectivity index (χ2v) is 5.61. The highest BCUT2D eigenvalue weighted by Crippen LogP contribution is 2.14. The van der Waals surface area contributed by atoms with E-state index in [1.165, 1.54) is 23.7 Å². The molecule has 1 aromatic rings. The van der Waals surface area contributed by atoms with E-state index in [-0.39, 0.29) is 11.8 Å². The standard InChI is InChI=1S/C15H22INO/c1-13(14-9-5-4-6-10-14)15(18)17-12-8-3-2-7-11-16/h4-6,9-10,13H,2-3,7-8,11-12H2,1H3,(H,17,18). The molecule has 1 N–H and O–H groups in total. The van der Waals surface area contributed by atoms with E-state index in [9.17, 15) is 4.79 Å². The van der Waals surface area contributed by atoms with Gasteiger partial charge in [-0.3, -0.25) is 4.79 Å². The van der Waals surface area contributed by atoms with Gasteiger partial charge < -0.3 is 5.32 Å². The molecule has 1 aromatic carbocycles. The maximum atomic E-state index is 11.9. The molecule has 18 heavy (non-hydrogen) atoms. The number of rotatable bonds is 8. The predicted octanol–water partition coefficient (Wildman–Crippen LogP) is 3.90. The number of nitrogens with one attached hydrogen (secondary N) is 1. The minimum Gasteiger partial charge on any atom is -0.356 e. The fourth-order valence-electron chi connectivity index (χ4n) is 1.83. The molecule has 0 aliphatic carbocycles. The average molecular weight is 359 g/mol. The van der Waals surface area contributed by atoms with E-state index < -0.39 is 0 Å². The molecule has 0 spiro atoms. The molecular weight excluding hydrogens is 337 g/mol. The summed E-state index contributed by atoms with van der Waals surface area (Å²) in [4.78, 5) is 11.9. The number of unbranched alkanes of at least 4 members (excludes halogenated alkanes) is 3. The van der Waals surface area contributed by atoms with E-state index in [0.717, 1.165) is 18.5 Å². The van der Waals surface area contributed by atoms with Crippen LogP contribution in [0.1, 0.15) is 44.1 Å². The molecule has 0 aliphatic heterocycles. The van der Waals surface area contributed by atoms with Gasteiger partial charge >= 0.3 is 0 Å². The Labute approximate surface area is 124 Å². The molecule has 0 saturated heterocycles. The van der Waals surface area contributed by atoms with E-state index in [4.69, 9.17) is 0 Å². The van der Waals surface area contributed by atoms with Crippen LogP contribution < -0.4 is 5.32 Å². The molecule has 0 saturated carbocycles. The molecule has 1 amide bonds. The SMILES string of the molecule is CC(C(=O)NCCCCCCI)c1ccccc1. The van der Waals surface area contributed by atoms with Crippen molar-refractivity contribution < 1.29 is 4.79 Å². The van der Waals surface area contributed by atoms with E-state index in [0.29, 0.717) is 0 Å². The van der Waals surface area contributed by atoms with Crippen molar-refractivity contribution in [1.29, 1.82) is 0 Å². The zero-order chi connectivity index (χ0) is 13.2. The Morgan fingerprint density at radius 3 is 2.50 bits per heavy atom. The number of hydrogen-bond acceptors (Lipinski definition) is 1. The summed E-state index contributed by atoms with van der Waals surface area (Å²) < 4.78 is 1.23. The van der Waals surface area contributed by atoms with Crippen molar-refractivity contribution in [3.05, 3.63) is 35.9 Å². The Hall–Kier alpha value is -0.580. The summed E-state index contributed by atoms with van der Waals surface area (Å²) in [5.74, 6) is 0.0793. The zero-order valence-corrected chi connectivity index (χ0v) is 13.2. The van der Waals surface area contributed by atoms with Crippen molar-refractivity contribution >= 4 is 28.5 Å². The third kappa shape index (κ3) is 5.85. The number of hydrogen-bond donors (Lipinski definition) is 1. The van der Waals surface area contributed by atoms with Gasteiger partial charge in [0.1, 0.15) is 0 Å². The largest absolute Gasteiger partial charge is 0.356 e. The fourth-order valence-corrected chi connectivity index (χ4v) is 2.37. The van der Waals surface area contributed by atoms with Gasteiger partial charge in [0.15, 0.2) is 0 Å². The molecule has 3 heteroatoms. The van der Waals surface area contributed by atoms with Gasteiger partial charge in [0.2, 0.25) is 5.91 Å². The minimum atomic E-state index is -0.0551. The fraction of sp³-hybridized carbons (Fsp3) is 0.533. The highest BCUT2D eigenvalue weighted by Gasteiger charge is 2.13. The topological polar surface area (TPSA) is 29.1 Å². The summed E-state index contributed by atoms with van der Waals surface area (Å²) >= 11 is 2.40.